The first-order chi connectivity index (χ1) is 10.5. The van der Waals surface area contributed by atoms with Crippen LogP contribution in [0.15, 0.2) is 18.2 Å². The molecule has 1 amide bonds. The average Bonchev–Trinajstić information content (AvgIpc) is 2.60. The molecular formula is C17H25BClNO3. The van der Waals surface area contributed by atoms with Crippen molar-refractivity contribution in [3.05, 3.63) is 23.2 Å². The lowest BCUT2D eigenvalue weighted by Crippen LogP contribution is -2.41. The fraction of sp³-hybridized carbons (Fsp3) is 0.588. The molecule has 0 bridgehead atoms. The molecule has 0 aliphatic carbocycles. The van der Waals surface area contributed by atoms with Crippen molar-refractivity contribution in [1.82, 2.24) is 0 Å². The van der Waals surface area contributed by atoms with E-state index in [1.807, 2.05) is 53.7 Å². The van der Waals surface area contributed by atoms with Crippen LogP contribution >= 0.6 is 11.6 Å². The third-order valence-electron chi connectivity index (χ3n) is 4.38. The Morgan fingerprint density at radius 3 is 2.30 bits per heavy atom. The minimum absolute atomic E-state index is 0.0482. The Morgan fingerprint density at radius 2 is 1.78 bits per heavy atom. The number of anilines is 1. The van der Waals surface area contributed by atoms with Gasteiger partial charge in [0.2, 0.25) is 5.91 Å². The van der Waals surface area contributed by atoms with Crippen molar-refractivity contribution >= 4 is 35.8 Å². The molecule has 2 rings (SSSR count). The lowest BCUT2D eigenvalue weighted by molar-refractivity contribution is -0.116. The summed E-state index contributed by atoms with van der Waals surface area (Å²) in [6, 6.07) is 5.44. The molecule has 0 radical (unpaired) electrons. The molecule has 0 atom stereocenters. The largest absolute Gasteiger partial charge is 0.494 e. The molecular weight excluding hydrogens is 312 g/mol. The third-order valence-corrected chi connectivity index (χ3v) is 4.71. The Balaban J connectivity index is 2.20. The molecule has 1 aromatic rings. The molecule has 0 aromatic heterocycles. The van der Waals surface area contributed by atoms with Crippen LogP contribution < -0.4 is 10.8 Å². The first kappa shape index (κ1) is 18.3. The molecule has 1 fully saturated rings. The van der Waals surface area contributed by atoms with Crippen molar-refractivity contribution in [2.24, 2.45) is 5.92 Å². The SMILES string of the molecule is CC(C)CC(=O)Nc1cc(B2OC(C)(C)C(C)(C)O2)ccc1Cl. The lowest BCUT2D eigenvalue weighted by atomic mass is 9.79. The predicted octanol–water partition coefficient (Wildman–Crippen LogP) is 3.62. The molecule has 1 aromatic carbocycles. The van der Waals surface area contributed by atoms with Crippen LogP contribution in [0.4, 0.5) is 5.69 Å². The smallest absolute Gasteiger partial charge is 0.399 e. The highest BCUT2D eigenvalue weighted by atomic mass is 35.5. The Labute approximate surface area is 144 Å². The zero-order valence-corrected chi connectivity index (χ0v) is 15.5. The van der Waals surface area contributed by atoms with Crippen molar-refractivity contribution in [1.29, 1.82) is 0 Å². The summed E-state index contributed by atoms with van der Waals surface area (Å²) in [5.41, 5.74) is 0.619. The number of hydrogen-bond acceptors (Lipinski definition) is 3. The first-order valence-corrected chi connectivity index (χ1v) is 8.34. The summed E-state index contributed by atoms with van der Waals surface area (Å²) in [6.45, 7) is 12.0. The summed E-state index contributed by atoms with van der Waals surface area (Å²) in [4.78, 5) is 12.0. The third kappa shape index (κ3) is 4.08. The molecule has 1 heterocycles. The summed E-state index contributed by atoms with van der Waals surface area (Å²) in [5, 5.41) is 3.37. The van der Waals surface area contributed by atoms with E-state index in [2.05, 4.69) is 5.32 Å². The van der Waals surface area contributed by atoms with Crippen molar-refractivity contribution in [2.75, 3.05) is 5.32 Å². The molecule has 1 aliphatic heterocycles. The second-order valence-electron chi connectivity index (χ2n) is 7.47. The van der Waals surface area contributed by atoms with Gasteiger partial charge in [0.25, 0.3) is 0 Å². The summed E-state index contributed by atoms with van der Waals surface area (Å²) in [5.74, 6) is 0.244. The van der Waals surface area contributed by atoms with Crippen LogP contribution in [0.3, 0.4) is 0 Å². The van der Waals surface area contributed by atoms with Gasteiger partial charge in [-0.3, -0.25) is 4.79 Å². The van der Waals surface area contributed by atoms with Crippen molar-refractivity contribution in [3.8, 4) is 0 Å². The Kier molecular flexibility index (Phi) is 5.14. The molecule has 1 saturated heterocycles. The average molecular weight is 338 g/mol. The van der Waals surface area contributed by atoms with Crippen molar-refractivity contribution in [3.63, 3.8) is 0 Å². The van der Waals surface area contributed by atoms with E-state index in [1.54, 1.807) is 6.07 Å². The summed E-state index contributed by atoms with van der Waals surface area (Å²) < 4.78 is 12.1. The molecule has 4 nitrogen and oxygen atoms in total. The molecule has 0 unspecified atom stereocenters. The van der Waals surface area contributed by atoms with Gasteiger partial charge in [-0.2, -0.15) is 0 Å². The van der Waals surface area contributed by atoms with Gasteiger partial charge in [0.05, 0.1) is 21.9 Å². The highest BCUT2D eigenvalue weighted by molar-refractivity contribution is 6.62. The summed E-state index contributed by atoms with van der Waals surface area (Å²) in [7, 11) is -0.474. The van der Waals surface area contributed by atoms with Crippen molar-refractivity contribution in [2.45, 2.75) is 59.2 Å². The molecule has 126 valence electrons. The van der Waals surface area contributed by atoms with Gasteiger partial charge in [-0.1, -0.05) is 31.5 Å². The number of carbonyl (C=O) groups is 1. The lowest BCUT2D eigenvalue weighted by Gasteiger charge is -2.32. The number of halogens is 1. The van der Waals surface area contributed by atoms with E-state index in [1.165, 1.54) is 0 Å². The maximum atomic E-state index is 12.0. The Morgan fingerprint density at radius 1 is 1.22 bits per heavy atom. The Hall–Kier alpha value is -1.04. The van der Waals surface area contributed by atoms with Gasteiger partial charge < -0.3 is 14.6 Å². The van der Waals surface area contributed by atoms with Gasteiger partial charge in [-0.25, -0.2) is 0 Å². The highest BCUT2D eigenvalue weighted by Gasteiger charge is 2.51. The summed E-state index contributed by atoms with van der Waals surface area (Å²) in [6.07, 6.45) is 0.455. The van der Waals surface area contributed by atoms with Gasteiger partial charge >= 0.3 is 7.12 Å². The highest BCUT2D eigenvalue weighted by Crippen LogP contribution is 2.36. The van der Waals surface area contributed by atoms with Gasteiger partial charge in [-0.05, 0) is 51.2 Å². The van der Waals surface area contributed by atoms with E-state index in [4.69, 9.17) is 20.9 Å². The molecule has 0 saturated carbocycles. The van der Waals surface area contributed by atoms with Crippen molar-refractivity contribution < 1.29 is 14.1 Å². The van der Waals surface area contributed by atoms with Crippen LogP contribution in [-0.2, 0) is 14.1 Å². The Bertz CT molecular complexity index is 586. The minimum Gasteiger partial charge on any atom is -0.399 e. The standard InChI is InChI=1S/C17H25BClNO3/c1-11(2)9-15(21)20-14-10-12(7-8-13(14)19)18-22-16(3,4)17(5,6)23-18/h7-8,10-11H,9H2,1-6H3,(H,20,21). The number of carbonyl (C=O) groups excluding carboxylic acids is 1. The second-order valence-corrected chi connectivity index (χ2v) is 7.88. The summed E-state index contributed by atoms with van der Waals surface area (Å²) >= 11 is 6.20. The van der Waals surface area contributed by atoms with Crippen LogP contribution in [0.25, 0.3) is 0 Å². The number of nitrogens with one attached hydrogen (secondary N) is 1. The monoisotopic (exact) mass is 337 g/mol. The maximum absolute atomic E-state index is 12.0. The molecule has 6 heteroatoms. The van der Waals surface area contributed by atoms with E-state index in [0.717, 1.165) is 5.46 Å². The zero-order chi connectivity index (χ0) is 17.4. The van der Waals surface area contributed by atoms with Crippen LogP contribution in [0, 0.1) is 5.92 Å². The van der Waals surface area contributed by atoms with E-state index in [0.29, 0.717) is 23.0 Å². The molecule has 0 spiro atoms. The van der Waals surface area contributed by atoms with Crippen LogP contribution in [-0.4, -0.2) is 24.2 Å². The van der Waals surface area contributed by atoms with E-state index in [-0.39, 0.29) is 5.91 Å². The van der Waals surface area contributed by atoms with Crippen LogP contribution in [0.5, 0.6) is 0 Å². The van der Waals surface area contributed by atoms with Crippen LogP contribution in [0.1, 0.15) is 48.0 Å². The molecule has 1 N–H and O–H groups in total. The topological polar surface area (TPSA) is 47.6 Å². The number of hydrogen-bond donors (Lipinski definition) is 1. The molecule has 23 heavy (non-hydrogen) atoms. The fourth-order valence-electron chi connectivity index (χ4n) is 2.34. The van der Waals surface area contributed by atoms with Gasteiger partial charge in [0.1, 0.15) is 0 Å². The second kappa shape index (κ2) is 6.46. The number of benzene rings is 1. The molecule has 1 aliphatic rings. The van der Waals surface area contributed by atoms with Gasteiger partial charge in [0.15, 0.2) is 0 Å². The van der Waals surface area contributed by atoms with Gasteiger partial charge in [0, 0.05) is 6.42 Å². The zero-order valence-electron chi connectivity index (χ0n) is 14.7. The number of amides is 1. The quantitative estimate of drug-likeness (QED) is 0.854. The van der Waals surface area contributed by atoms with Crippen LogP contribution in [0.2, 0.25) is 5.02 Å². The first-order valence-electron chi connectivity index (χ1n) is 7.97. The predicted molar refractivity (Wildman–Crippen MR) is 95.3 cm³/mol. The maximum Gasteiger partial charge on any atom is 0.494 e. The van der Waals surface area contributed by atoms with E-state index in [9.17, 15) is 4.79 Å². The van der Waals surface area contributed by atoms with E-state index >= 15 is 0 Å². The normalized spacial score (nSPS) is 19.2. The van der Waals surface area contributed by atoms with E-state index < -0.39 is 18.3 Å². The minimum atomic E-state index is -0.474. The fourth-order valence-corrected chi connectivity index (χ4v) is 2.50. The number of rotatable bonds is 4. The van der Waals surface area contributed by atoms with Gasteiger partial charge in [-0.15, -0.1) is 0 Å².